The van der Waals surface area contributed by atoms with E-state index in [1.54, 1.807) is 0 Å². The third-order valence-electron chi connectivity index (χ3n) is 13.5. The number of aliphatic hydroxyl groups excluding tert-OH is 3. The molecule has 0 aliphatic heterocycles. The van der Waals surface area contributed by atoms with Gasteiger partial charge in [-0.15, -0.1) is 0 Å². The van der Waals surface area contributed by atoms with Crippen LogP contribution in [0.3, 0.4) is 0 Å². The molecule has 4 saturated carbocycles. The molecule has 5 aliphatic rings. The Kier molecular flexibility index (Phi) is 7.81. The van der Waals surface area contributed by atoms with E-state index in [2.05, 4.69) is 48.5 Å². The molecule has 232 valence electrons. The highest BCUT2D eigenvalue weighted by atomic mass is 16.6. The number of rotatable bonds is 6. The van der Waals surface area contributed by atoms with Crippen LogP contribution in [0.2, 0.25) is 0 Å². The van der Waals surface area contributed by atoms with Gasteiger partial charge in [0.1, 0.15) is 12.2 Å². The van der Waals surface area contributed by atoms with Gasteiger partial charge in [0, 0.05) is 37.0 Å². The molecule has 5 rings (SSSR count). The van der Waals surface area contributed by atoms with Gasteiger partial charge >= 0.3 is 11.9 Å². The smallest absolute Gasteiger partial charge is 0.303 e. The highest BCUT2D eigenvalue weighted by Crippen LogP contribution is 2.72. The van der Waals surface area contributed by atoms with Gasteiger partial charge in [0.05, 0.1) is 18.3 Å². The van der Waals surface area contributed by atoms with Crippen LogP contribution in [-0.4, -0.2) is 57.8 Å². The van der Waals surface area contributed by atoms with Gasteiger partial charge in [0.2, 0.25) is 0 Å². The standard InChI is InChI=1S/C34H54O7/c1-16(2)18(4)33(8)15-24(33)17(3)23-14-26(40-19(5)35)28-27-25(38)13-21-12-22(37)10-11-32(21,7)29(27)30(39)31(34(23,28)9)41-20(6)36/h13,16-18,22-31,37-39H,10-12,14-15H2,1-9H3/t17-,18+,22-,23+,24+,25+,26-,27-,28?,29?,30-,31+,32-,33+,34+/m0/s1. The molecule has 2 unspecified atom stereocenters. The van der Waals surface area contributed by atoms with Crippen molar-refractivity contribution in [1.29, 1.82) is 0 Å². The number of carbonyl (C=O) groups is 2. The van der Waals surface area contributed by atoms with Crippen molar-refractivity contribution in [3.05, 3.63) is 11.6 Å². The van der Waals surface area contributed by atoms with Gasteiger partial charge in [-0.3, -0.25) is 9.59 Å². The van der Waals surface area contributed by atoms with E-state index in [0.29, 0.717) is 43.4 Å². The van der Waals surface area contributed by atoms with Gasteiger partial charge in [-0.1, -0.05) is 60.1 Å². The predicted molar refractivity (Wildman–Crippen MR) is 155 cm³/mol. The molecular weight excluding hydrogens is 520 g/mol. The van der Waals surface area contributed by atoms with Crippen molar-refractivity contribution in [3.63, 3.8) is 0 Å². The molecule has 0 heterocycles. The Morgan fingerprint density at radius 2 is 1.59 bits per heavy atom. The van der Waals surface area contributed by atoms with Crippen molar-refractivity contribution in [1.82, 2.24) is 0 Å². The summed E-state index contributed by atoms with van der Waals surface area (Å²) in [6, 6.07) is 0. The van der Waals surface area contributed by atoms with E-state index >= 15 is 0 Å². The van der Waals surface area contributed by atoms with Crippen LogP contribution in [0, 0.1) is 63.6 Å². The first-order chi connectivity index (χ1) is 19.0. The van der Waals surface area contributed by atoms with Crippen LogP contribution < -0.4 is 0 Å². The first kappa shape index (κ1) is 31.0. The fraction of sp³-hybridized carbons (Fsp3) is 0.882. The van der Waals surface area contributed by atoms with Crippen LogP contribution in [0.25, 0.3) is 0 Å². The Balaban J connectivity index is 1.62. The minimum atomic E-state index is -0.991. The first-order valence-corrected chi connectivity index (χ1v) is 16.1. The Labute approximate surface area is 246 Å². The second kappa shape index (κ2) is 10.3. The van der Waals surface area contributed by atoms with Crippen LogP contribution in [-0.2, 0) is 19.1 Å². The number of esters is 2. The lowest BCUT2D eigenvalue weighted by Gasteiger charge is -2.63. The molecule has 7 heteroatoms. The summed E-state index contributed by atoms with van der Waals surface area (Å²) in [6.07, 6.45) is 1.85. The molecule has 0 aromatic rings. The summed E-state index contributed by atoms with van der Waals surface area (Å²) in [5.74, 6) is 0.0415. The average Bonchev–Trinajstić information content (AvgIpc) is 3.48. The molecule has 3 N–H and O–H groups in total. The Hall–Kier alpha value is -1.44. The molecule has 0 aromatic heterocycles. The first-order valence-electron chi connectivity index (χ1n) is 16.1. The maximum atomic E-state index is 12.7. The fourth-order valence-corrected chi connectivity index (χ4v) is 11.0. The van der Waals surface area contributed by atoms with Gasteiger partial charge < -0.3 is 24.8 Å². The van der Waals surface area contributed by atoms with Crippen LogP contribution in [0.15, 0.2) is 11.6 Å². The minimum absolute atomic E-state index is 0.0292. The van der Waals surface area contributed by atoms with E-state index in [4.69, 9.17) is 9.47 Å². The van der Waals surface area contributed by atoms with E-state index in [1.807, 2.05) is 6.08 Å². The number of hydrogen-bond donors (Lipinski definition) is 3. The van der Waals surface area contributed by atoms with Crippen molar-refractivity contribution in [2.45, 2.75) is 125 Å². The molecule has 0 amide bonds. The quantitative estimate of drug-likeness (QED) is 0.305. The van der Waals surface area contributed by atoms with Gasteiger partial charge in [0.25, 0.3) is 0 Å². The molecule has 15 atom stereocenters. The van der Waals surface area contributed by atoms with E-state index in [1.165, 1.54) is 13.8 Å². The number of fused-ring (bicyclic) bond motifs is 5. The number of ether oxygens (including phenoxy) is 2. The summed E-state index contributed by atoms with van der Waals surface area (Å²) < 4.78 is 12.2. The predicted octanol–water partition coefficient (Wildman–Crippen LogP) is 4.91. The highest BCUT2D eigenvalue weighted by molar-refractivity contribution is 5.67. The van der Waals surface area contributed by atoms with Crippen molar-refractivity contribution < 1.29 is 34.4 Å². The number of aliphatic hydroxyl groups is 3. The third kappa shape index (κ3) is 4.63. The normalized spacial score (nSPS) is 50.1. The van der Waals surface area contributed by atoms with Crippen molar-refractivity contribution in [3.8, 4) is 0 Å². The molecule has 41 heavy (non-hydrogen) atoms. The van der Waals surface area contributed by atoms with Crippen LogP contribution >= 0.6 is 0 Å². The Morgan fingerprint density at radius 3 is 2.17 bits per heavy atom. The third-order valence-corrected chi connectivity index (χ3v) is 13.5. The second-order valence-electron chi connectivity index (χ2n) is 15.7. The van der Waals surface area contributed by atoms with Gasteiger partial charge in [-0.25, -0.2) is 0 Å². The zero-order valence-electron chi connectivity index (χ0n) is 26.6. The summed E-state index contributed by atoms with van der Waals surface area (Å²) in [7, 11) is 0. The second-order valence-corrected chi connectivity index (χ2v) is 15.7. The monoisotopic (exact) mass is 574 g/mol. The molecule has 0 bridgehead atoms. The van der Waals surface area contributed by atoms with Gasteiger partial charge in [-0.05, 0) is 72.5 Å². The van der Waals surface area contributed by atoms with Crippen LogP contribution in [0.1, 0.15) is 94.4 Å². The molecule has 7 nitrogen and oxygen atoms in total. The van der Waals surface area contributed by atoms with Gasteiger partial charge in [0.15, 0.2) is 0 Å². The summed E-state index contributed by atoms with van der Waals surface area (Å²) >= 11 is 0. The molecule has 0 saturated heterocycles. The lowest BCUT2D eigenvalue weighted by Crippen LogP contribution is -2.68. The summed E-state index contributed by atoms with van der Waals surface area (Å²) in [6.45, 7) is 18.7. The number of hydrogen-bond acceptors (Lipinski definition) is 7. The number of carbonyl (C=O) groups excluding carboxylic acids is 2. The van der Waals surface area contributed by atoms with Crippen molar-refractivity contribution in [2.75, 3.05) is 0 Å². The molecular formula is C34H54O7. The van der Waals surface area contributed by atoms with Crippen molar-refractivity contribution in [2.24, 2.45) is 63.6 Å². The average molecular weight is 575 g/mol. The molecule has 5 aliphatic carbocycles. The zero-order valence-corrected chi connectivity index (χ0v) is 26.6. The lowest BCUT2D eigenvalue weighted by molar-refractivity contribution is -0.239. The molecule has 0 radical (unpaired) electrons. The topological polar surface area (TPSA) is 113 Å². The SMILES string of the molecule is CC(=O)O[C@H]1C[C@H]([C@H](C)[C@H]2C[C@]2(C)[C@H](C)C(C)C)[C@]2(C)C1[C@H]1C([C@H](O)[C@H]2OC(C)=O)[C@@]2(C)CC[C@H](O)CC2=C[C@H]1O. The maximum absolute atomic E-state index is 12.7. The van der Waals surface area contributed by atoms with E-state index in [-0.39, 0.29) is 35.1 Å². The molecule has 0 spiro atoms. The minimum Gasteiger partial charge on any atom is -0.462 e. The maximum Gasteiger partial charge on any atom is 0.303 e. The fourth-order valence-electron chi connectivity index (χ4n) is 11.0. The molecule has 0 aromatic carbocycles. The largest absolute Gasteiger partial charge is 0.462 e. The Bertz CT molecular complexity index is 1080. The van der Waals surface area contributed by atoms with E-state index in [9.17, 15) is 24.9 Å². The highest BCUT2D eigenvalue weighted by Gasteiger charge is 2.73. The van der Waals surface area contributed by atoms with E-state index < -0.39 is 53.2 Å². The van der Waals surface area contributed by atoms with Gasteiger partial charge in [-0.2, -0.15) is 0 Å². The van der Waals surface area contributed by atoms with Crippen LogP contribution in [0.5, 0.6) is 0 Å². The summed E-state index contributed by atoms with van der Waals surface area (Å²) in [5.41, 5.74) is 0.0175. The summed E-state index contributed by atoms with van der Waals surface area (Å²) in [4.78, 5) is 25.2. The van der Waals surface area contributed by atoms with Crippen molar-refractivity contribution >= 4 is 11.9 Å². The van der Waals surface area contributed by atoms with Crippen LogP contribution in [0.4, 0.5) is 0 Å². The van der Waals surface area contributed by atoms with E-state index in [0.717, 1.165) is 12.0 Å². The molecule has 4 fully saturated rings. The summed E-state index contributed by atoms with van der Waals surface area (Å²) in [5, 5.41) is 34.6. The zero-order chi connectivity index (χ0) is 30.4. The lowest BCUT2D eigenvalue weighted by atomic mass is 9.44. The Morgan fingerprint density at radius 1 is 0.951 bits per heavy atom.